The number of nitrogens with one attached hydrogen (secondary N) is 1. The fourth-order valence-electron chi connectivity index (χ4n) is 2.37. The average Bonchev–Trinajstić information content (AvgIpc) is 2.60. The lowest BCUT2D eigenvalue weighted by atomic mass is 10.1. The van der Waals surface area contributed by atoms with Crippen LogP contribution in [0, 0.1) is 0 Å². The third kappa shape index (κ3) is 6.08. The van der Waals surface area contributed by atoms with Gasteiger partial charge in [0.2, 0.25) is 5.91 Å². The first-order chi connectivity index (χ1) is 11.5. The van der Waals surface area contributed by atoms with E-state index in [-0.39, 0.29) is 18.3 Å². The SMILES string of the molecule is COc1ccccc1C(N)C(=O)NCCCc1ccc(Cl)c(Cl)c1.Cl. The highest BCUT2D eigenvalue weighted by Crippen LogP contribution is 2.24. The Bertz CT molecular complexity index is 710. The number of hydrogen-bond acceptors (Lipinski definition) is 3. The Labute approximate surface area is 164 Å². The number of nitrogens with two attached hydrogens (primary N) is 1. The molecule has 4 nitrogen and oxygen atoms in total. The highest BCUT2D eigenvalue weighted by molar-refractivity contribution is 6.42. The number of aryl methyl sites for hydroxylation is 1. The highest BCUT2D eigenvalue weighted by Gasteiger charge is 2.18. The number of hydrogen-bond donors (Lipinski definition) is 2. The van der Waals surface area contributed by atoms with E-state index in [0.717, 1.165) is 18.4 Å². The summed E-state index contributed by atoms with van der Waals surface area (Å²) in [4.78, 5) is 12.2. The van der Waals surface area contributed by atoms with E-state index in [1.807, 2.05) is 24.3 Å². The zero-order valence-corrected chi connectivity index (χ0v) is 16.1. The summed E-state index contributed by atoms with van der Waals surface area (Å²) in [5, 5.41) is 3.93. The van der Waals surface area contributed by atoms with Crippen LogP contribution < -0.4 is 15.8 Å². The summed E-state index contributed by atoms with van der Waals surface area (Å²) in [6.45, 7) is 0.530. The Kier molecular flexibility index (Phi) is 9.08. The maximum absolute atomic E-state index is 12.2. The van der Waals surface area contributed by atoms with Gasteiger partial charge in [-0.05, 0) is 36.6 Å². The predicted molar refractivity (Wildman–Crippen MR) is 105 cm³/mol. The van der Waals surface area contributed by atoms with Crippen LogP contribution in [0.2, 0.25) is 10.0 Å². The second kappa shape index (κ2) is 10.5. The minimum atomic E-state index is -0.758. The predicted octanol–water partition coefficient (Wildman–Crippen LogP) is 4.17. The molecule has 1 unspecified atom stereocenters. The molecule has 25 heavy (non-hydrogen) atoms. The normalized spacial score (nSPS) is 11.4. The third-order valence-corrected chi connectivity index (χ3v) is 4.42. The van der Waals surface area contributed by atoms with Crippen molar-refractivity contribution in [1.82, 2.24) is 5.32 Å². The van der Waals surface area contributed by atoms with Crippen LogP contribution in [0.3, 0.4) is 0 Å². The number of amides is 1. The van der Waals surface area contributed by atoms with E-state index < -0.39 is 6.04 Å². The molecular formula is C18H21Cl3N2O2. The number of ether oxygens (including phenoxy) is 1. The van der Waals surface area contributed by atoms with E-state index in [1.165, 1.54) is 0 Å². The van der Waals surface area contributed by atoms with Gasteiger partial charge in [0.25, 0.3) is 0 Å². The Balaban J connectivity index is 0.00000312. The highest BCUT2D eigenvalue weighted by atomic mass is 35.5. The van der Waals surface area contributed by atoms with Gasteiger partial charge in [0, 0.05) is 12.1 Å². The maximum Gasteiger partial charge on any atom is 0.241 e. The first-order valence-electron chi connectivity index (χ1n) is 7.63. The summed E-state index contributed by atoms with van der Waals surface area (Å²) < 4.78 is 5.24. The Morgan fingerprint density at radius 3 is 2.60 bits per heavy atom. The molecule has 7 heteroatoms. The maximum atomic E-state index is 12.2. The molecule has 0 saturated heterocycles. The lowest BCUT2D eigenvalue weighted by Gasteiger charge is -2.15. The second-order valence-corrected chi connectivity index (χ2v) is 6.18. The molecule has 1 amide bonds. The van der Waals surface area contributed by atoms with Crippen LogP contribution in [0.15, 0.2) is 42.5 Å². The van der Waals surface area contributed by atoms with Crippen LogP contribution in [0.5, 0.6) is 5.75 Å². The summed E-state index contributed by atoms with van der Waals surface area (Å²) in [6.07, 6.45) is 1.57. The van der Waals surface area contributed by atoms with Crippen LogP contribution in [-0.2, 0) is 11.2 Å². The van der Waals surface area contributed by atoms with Crippen molar-refractivity contribution in [3.63, 3.8) is 0 Å². The summed E-state index contributed by atoms with van der Waals surface area (Å²) in [5.74, 6) is 0.379. The lowest BCUT2D eigenvalue weighted by Crippen LogP contribution is -2.35. The zero-order chi connectivity index (χ0) is 17.5. The topological polar surface area (TPSA) is 64.3 Å². The molecule has 0 heterocycles. The average molecular weight is 404 g/mol. The lowest BCUT2D eigenvalue weighted by molar-refractivity contribution is -0.122. The van der Waals surface area contributed by atoms with Crippen LogP contribution in [0.1, 0.15) is 23.6 Å². The molecule has 1 atom stereocenters. The molecule has 0 saturated carbocycles. The van der Waals surface area contributed by atoms with Gasteiger partial charge < -0.3 is 15.8 Å². The molecular weight excluding hydrogens is 383 g/mol. The van der Waals surface area contributed by atoms with Crippen molar-refractivity contribution in [2.24, 2.45) is 5.73 Å². The molecule has 2 rings (SSSR count). The number of carbonyl (C=O) groups is 1. The molecule has 136 valence electrons. The Morgan fingerprint density at radius 2 is 1.92 bits per heavy atom. The van der Waals surface area contributed by atoms with Gasteiger partial charge >= 0.3 is 0 Å². The first-order valence-corrected chi connectivity index (χ1v) is 8.38. The van der Waals surface area contributed by atoms with E-state index in [1.54, 1.807) is 25.3 Å². The van der Waals surface area contributed by atoms with Crippen molar-refractivity contribution in [2.75, 3.05) is 13.7 Å². The standard InChI is InChI=1S/C18H20Cl2N2O2.ClH/c1-24-16-7-3-2-6-13(16)17(21)18(23)22-10-4-5-12-8-9-14(19)15(20)11-12;/h2-3,6-9,11,17H,4-5,10,21H2,1H3,(H,22,23);1H. The van der Waals surface area contributed by atoms with Crippen LogP contribution >= 0.6 is 35.6 Å². The van der Waals surface area contributed by atoms with E-state index in [0.29, 0.717) is 27.9 Å². The zero-order valence-electron chi connectivity index (χ0n) is 13.8. The van der Waals surface area contributed by atoms with Gasteiger partial charge in [0.15, 0.2) is 0 Å². The Morgan fingerprint density at radius 1 is 1.20 bits per heavy atom. The van der Waals surface area contributed by atoms with Gasteiger partial charge in [0.05, 0.1) is 17.2 Å². The molecule has 0 aliphatic heterocycles. The number of halogens is 3. The summed E-state index contributed by atoms with van der Waals surface area (Å²) in [6, 6.07) is 12.0. The van der Waals surface area contributed by atoms with E-state index in [2.05, 4.69) is 5.32 Å². The smallest absolute Gasteiger partial charge is 0.241 e. The molecule has 0 aliphatic carbocycles. The first kappa shape index (κ1) is 21.6. The van der Waals surface area contributed by atoms with Crippen molar-refractivity contribution < 1.29 is 9.53 Å². The van der Waals surface area contributed by atoms with Crippen LogP contribution in [0.4, 0.5) is 0 Å². The summed E-state index contributed by atoms with van der Waals surface area (Å²) in [7, 11) is 1.56. The molecule has 0 bridgehead atoms. The molecule has 0 aliphatic rings. The number of rotatable bonds is 7. The summed E-state index contributed by atoms with van der Waals surface area (Å²) in [5.41, 5.74) is 7.77. The molecule has 0 fully saturated rings. The van der Waals surface area contributed by atoms with E-state index >= 15 is 0 Å². The van der Waals surface area contributed by atoms with Crippen molar-refractivity contribution in [3.05, 3.63) is 63.6 Å². The molecule has 2 aromatic rings. The van der Waals surface area contributed by atoms with Gasteiger partial charge in [-0.15, -0.1) is 12.4 Å². The van der Waals surface area contributed by atoms with Crippen LogP contribution in [-0.4, -0.2) is 19.6 Å². The van der Waals surface area contributed by atoms with Gasteiger partial charge in [-0.25, -0.2) is 0 Å². The van der Waals surface area contributed by atoms with E-state index in [9.17, 15) is 4.79 Å². The fourth-order valence-corrected chi connectivity index (χ4v) is 2.69. The number of para-hydroxylation sites is 1. The number of benzene rings is 2. The van der Waals surface area contributed by atoms with Crippen molar-refractivity contribution in [3.8, 4) is 5.75 Å². The quantitative estimate of drug-likeness (QED) is 0.682. The minimum Gasteiger partial charge on any atom is -0.496 e. The van der Waals surface area contributed by atoms with Crippen LogP contribution in [0.25, 0.3) is 0 Å². The van der Waals surface area contributed by atoms with Gasteiger partial charge in [0.1, 0.15) is 11.8 Å². The monoisotopic (exact) mass is 402 g/mol. The third-order valence-electron chi connectivity index (χ3n) is 3.68. The molecule has 3 N–H and O–H groups in total. The van der Waals surface area contributed by atoms with Gasteiger partial charge in [-0.3, -0.25) is 4.79 Å². The molecule has 0 spiro atoms. The number of carbonyl (C=O) groups excluding carboxylic acids is 1. The van der Waals surface area contributed by atoms with Crippen molar-refractivity contribution >= 4 is 41.5 Å². The number of methoxy groups -OCH3 is 1. The summed E-state index contributed by atoms with van der Waals surface area (Å²) >= 11 is 11.9. The fraction of sp³-hybridized carbons (Fsp3) is 0.278. The largest absolute Gasteiger partial charge is 0.496 e. The Hall–Kier alpha value is -1.46. The minimum absolute atomic E-state index is 0. The van der Waals surface area contributed by atoms with Gasteiger partial charge in [-0.2, -0.15) is 0 Å². The van der Waals surface area contributed by atoms with Gasteiger partial charge in [-0.1, -0.05) is 47.5 Å². The second-order valence-electron chi connectivity index (χ2n) is 5.36. The molecule has 0 radical (unpaired) electrons. The molecule has 0 aromatic heterocycles. The van der Waals surface area contributed by atoms with Crippen molar-refractivity contribution in [2.45, 2.75) is 18.9 Å². The van der Waals surface area contributed by atoms with E-state index in [4.69, 9.17) is 33.7 Å². The molecule has 2 aromatic carbocycles. The van der Waals surface area contributed by atoms with Crippen molar-refractivity contribution in [1.29, 1.82) is 0 Å².